The van der Waals surface area contributed by atoms with Crippen LogP contribution in [0, 0.1) is 11.3 Å². The van der Waals surface area contributed by atoms with Crippen LogP contribution in [0.3, 0.4) is 0 Å². The molecule has 2 aliphatic rings. The van der Waals surface area contributed by atoms with Gasteiger partial charge < -0.3 is 10.1 Å². The highest BCUT2D eigenvalue weighted by atomic mass is 16.5. The van der Waals surface area contributed by atoms with E-state index in [1.807, 2.05) is 6.92 Å². The molecule has 0 aliphatic heterocycles. The Balaban J connectivity index is 1.80. The number of hydrogen-bond acceptors (Lipinski definition) is 3. The molecule has 2 aliphatic carbocycles. The van der Waals surface area contributed by atoms with E-state index in [4.69, 9.17) is 4.74 Å². The summed E-state index contributed by atoms with van der Waals surface area (Å²) in [7, 11) is 0. The van der Waals surface area contributed by atoms with Crippen LogP contribution in [0.1, 0.15) is 58.8 Å². The van der Waals surface area contributed by atoms with Crippen molar-refractivity contribution in [1.29, 1.82) is 0 Å². The van der Waals surface area contributed by atoms with Gasteiger partial charge in [-0.3, -0.25) is 4.79 Å². The summed E-state index contributed by atoms with van der Waals surface area (Å²) in [5.41, 5.74) is -0.418. The molecule has 4 nitrogen and oxygen atoms in total. The molecule has 0 radical (unpaired) electrons. The number of amides is 1. The highest BCUT2D eigenvalue weighted by Crippen LogP contribution is 2.37. The summed E-state index contributed by atoms with van der Waals surface area (Å²) >= 11 is 0. The maximum Gasteiger partial charge on any atom is 0.407 e. The van der Waals surface area contributed by atoms with Gasteiger partial charge in [0.05, 0.1) is 5.41 Å². The van der Waals surface area contributed by atoms with Gasteiger partial charge in [-0.05, 0) is 45.4 Å². The maximum atomic E-state index is 11.9. The third-order valence-corrected chi connectivity index (χ3v) is 4.71. The molecule has 108 valence electrons. The Morgan fingerprint density at radius 1 is 1.26 bits per heavy atom. The van der Waals surface area contributed by atoms with Crippen molar-refractivity contribution in [1.82, 2.24) is 5.32 Å². The van der Waals surface area contributed by atoms with Crippen LogP contribution in [0.25, 0.3) is 0 Å². The molecule has 0 aromatic heterocycles. The van der Waals surface area contributed by atoms with Crippen LogP contribution in [0.4, 0.5) is 4.79 Å². The lowest BCUT2D eigenvalue weighted by molar-refractivity contribution is -0.131. The predicted molar refractivity (Wildman–Crippen MR) is 72.9 cm³/mol. The topological polar surface area (TPSA) is 55.4 Å². The minimum atomic E-state index is -0.418. The van der Waals surface area contributed by atoms with E-state index in [0.717, 1.165) is 25.7 Å². The van der Waals surface area contributed by atoms with E-state index in [1.165, 1.54) is 19.3 Å². The molecule has 1 atom stereocenters. The first kappa shape index (κ1) is 14.4. The SMILES string of the molecule is CC(=O)C1(COC(=O)NC(C)C2CC2)CCCCC1. The van der Waals surface area contributed by atoms with Crippen LogP contribution in [0.2, 0.25) is 0 Å². The number of carbonyl (C=O) groups excluding carboxylic acids is 2. The molecule has 0 heterocycles. The molecule has 4 heteroatoms. The third-order valence-electron chi connectivity index (χ3n) is 4.71. The zero-order valence-electron chi connectivity index (χ0n) is 12.0. The minimum absolute atomic E-state index is 0.162. The summed E-state index contributed by atoms with van der Waals surface area (Å²) in [6.45, 7) is 3.88. The van der Waals surface area contributed by atoms with E-state index in [-0.39, 0.29) is 24.5 Å². The van der Waals surface area contributed by atoms with Crippen molar-refractivity contribution in [3.63, 3.8) is 0 Å². The second-order valence-electron chi connectivity index (χ2n) is 6.24. The Kier molecular flexibility index (Phi) is 4.48. The van der Waals surface area contributed by atoms with Gasteiger partial charge in [-0.15, -0.1) is 0 Å². The Morgan fingerprint density at radius 2 is 1.89 bits per heavy atom. The average molecular weight is 267 g/mol. The van der Waals surface area contributed by atoms with Crippen molar-refractivity contribution in [3.05, 3.63) is 0 Å². The Labute approximate surface area is 115 Å². The molecule has 0 bridgehead atoms. The lowest BCUT2D eigenvalue weighted by Crippen LogP contribution is -2.41. The molecule has 1 N–H and O–H groups in total. The Bertz CT molecular complexity index is 343. The number of rotatable bonds is 5. The highest BCUT2D eigenvalue weighted by Gasteiger charge is 2.38. The summed E-state index contributed by atoms with van der Waals surface area (Å²) in [6, 6.07) is 0.187. The molecule has 1 amide bonds. The summed E-state index contributed by atoms with van der Waals surface area (Å²) in [5.74, 6) is 0.777. The molecule has 1 unspecified atom stereocenters. The molecule has 2 rings (SSSR count). The monoisotopic (exact) mass is 267 g/mol. The molecule has 2 fully saturated rings. The smallest absolute Gasteiger partial charge is 0.407 e. The number of ether oxygens (including phenoxy) is 1. The van der Waals surface area contributed by atoms with Gasteiger partial charge >= 0.3 is 6.09 Å². The van der Waals surface area contributed by atoms with E-state index in [2.05, 4.69) is 5.32 Å². The van der Waals surface area contributed by atoms with Crippen LogP contribution in [-0.2, 0) is 9.53 Å². The fourth-order valence-corrected chi connectivity index (χ4v) is 2.97. The van der Waals surface area contributed by atoms with Crippen molar-refractivity contribution in [2.24, 2.45) is 11.3 Å². The van der Waals surface area contributed by atoms with E-state index in [0.29, 0.717) is 5.92 Å². The third kappa shape index (κ3) is 3.71. The molecule has 0 saturated heterocycles. The van der Waals surface area contributed by atoms with Gasteiger partial charge in [-0.25, -0.2) is 4.79 Å². The fraction of sp³-hybridized carbons (Fsp3) is 0.867. The van der Waals surface area contributed by atoms with E-state index >= 15 is 0 Å². The van der Waals surface area contributed by atoms with Crippen LogP contribution < -0.4 is 5.32 Å². The van der Waals surface area contributed by atoms with Gasteiger partial charge in [0.15, 0.2) is 0 Å². The lowest BCUT2D eigenvalue weighted by Gasteiger charge is -2.34. The second-order valence-corrected chi connectivity index (χ2v) is 6.24. The van der Waals surface area contributed by atoms with Crippen molar-refractivity contribution in [2.75, 3.05) is 6.61 Å². The molecular weight excluding hydrogens is 242 g/mol. The van der Waals surface area contributed by atoms with Crippen molar-refractivity contribution in [2.45, 2.75) is 64.8 Å². The van der Waals surface area contributed by atoms with E-state index < -0.39 is 5.41 Å². The molecule has 2 saturated carbocycles. The molecule has 19 heavy (non-hydrogen) atoms. The zero-order chi connectivity index (χ0) is 13.9. The largest absolute Gasteiger partial charge is 0.448 e. The first-order valence-corrected chi connectivity index (χ1v) is 7.48. The lowest BCUT2D eigenvalue weighted by atomic mass is 9.72. The number of Topliss-reactive ketones (excluding diaryl/α,β-unsaturated/α-hetero) is 1. The second kappa shape index (κ2) is 5.93. The number of carbonyl (C=O) groups is 2. The number of ketones is 1. The summed E-state index contributed by atoms with van der Waals surface area (Å²) < 4.78 is 5.32. The van der Waals surface area contributed by atoms with Crippen LogP contribution >= 0.6 is 0 Å². The van der Waals surface area contributed by atoms with Crippen LogP contribution in [0.5, 0.6) is 0 Å². The predicted octanol–water partition coefficient (Wildman–Crippen LogP) is 3.05. The van der Waals surface area contributed by atoms with Crippen LogP contribution in [-0.4, -0.2) is 24.5 Å². The van der Waals surface area contributed by atoms with Crippen molar-refractivity contribution in [3.8, 4) is 0 Å². The van der Waals surface area contributed by atoms with Gasteiger partial charge in [-0.1, -0.05) is 19.3 Å². The normalized spacial score (nSPS) is 23.5. The molecule has 0 aromatic carbocycles. The standard InChI is InChI=1S/C15H25NO3/c1-11(13-6-7-13)16-14(18)19-10-15(12(2)17)8-4-3-5-9-15/h11,13H,3-10H2,1-2H3,(H,16,18). The van der Waals surface area contributed by atoms with Crippen molar-refractivity contribution < 1.29 is 14.3 Å². The molecule has 0 spiro atoms. The van der Waals surface area contributed by atoms with Crippen LogP contribution in [0.15, 0.2) is 0 Å². The molecular formula is C15H25NO3. The average Bonchev–Trinajstić information content (AvgIpc) is 3.21. The Hall–Kier alpha value is -1.06. The van der Waals surface area contributed by atoms with Gasteiger partial charge in [0, 0.05) is 6.04 Å². The summed E-state index contributed by atoms with van der Waals surface area (Å²) in [6.07, 6.45) is 7.02. The number of nitrogens with one attached hydrogen (secondary N) is 1. The zero-order valence-corrected chi connectivity index (χ0v) is 12.0. The molecule has 0 aromatic rings. The van der Waals surface area contributed by atoms with Gasteiger partial charge in [0.2, 0.25) is 0 Å². The number of alkyl carbamates (subject to hydrolysis) is 1. The minimum Gasteiger partial charge on any atom is -0.448 e. The summed E-state index contributed by atoms with van der Waals surface area (Å²) in [5, 5.41) is 2.87. The van der Waals surface area contributed by atoms with Gasteiger partial charge in [0.1, 0.15) is 12.4 Å². The highest BCUT2D eigenvalue weighted by molar-refractivity contribution is 5.83. The summed E-state index contributed by atoms with van der Waals surface area (Å²) in [4.78, 5) is 23.6. The quantitative estimate of drug-likeness (QED) is 0.833. The van der Waals surface area contributed by atoms with E-state index in [1.54, 1.807) is 6.92 Å². The maximum absolute atomic E-state index is 11.9. The first-order chi connectivity index (χ1) is 9.03. The first-order valence-electron chi connectivity index (χ1n) is 7.48. The van der Waals surface area contributed by atoms with Crippen molar-refractivity contribution >= 4 is 11.9 Å². The Morgan fingerprint density at radius 3 is 2.42 bits per heavy atom. The number of hydrogen-bond donors (Lipinski definition) is 1. The van der Waals surface area contributed by atoms with Gasteiger partial charge in [-0.2, -0.15) is 0 Å². The van der Waals surface area contributed by atoms with E-state index in [9.17, 15) is 9.59 Å². The fourth-order valence-electron chi connectivity index (χ4n) is 2.97. The van der Waals surface area contributed by atoms with Gasteiger partial charge in [0.25, 0.3) is 0 Å².